The van der Waals surface area contributed by atoms with Gasteiger partial charge in [-0.05, 0) is 0 Å². The first-order chi connectivity index (χ1) is 8.25. The van der Waals surface area contributed by atoms with Crippen LogP contribution in [0.1, 0.15) is 0 Å². The molecular formula is C6F14. The predicted molar refractivity (Wildman–Crippen MR) is 31.6 cm³/mol. The minimum absolute atomic E-state index is 7.74. The maximum atomic E-state index is 12.5. The maximum absolute atomic E-state index is 12.5. The highest BCUT2D eigenvalue weighted by molar-refractivity contribution is 5.10. The van der Waals surface area contributed by atoms with Crippen molar-refractivity contribution in [2.24, 2.45) is 5.41 Å². The predicted octanol–water partition coefficient (Wildman–Crippen LogP) is 4.86. The lowest BCUT2D eigenvalue weighted by molar-refractivity contribution is -0.507. The lowest BCUT2D eigenvalue weighted by Crippen LogP contribution is -2.72. The third-order valence-corrected chi connectivity index (χ3v) is 2.10. The average Bonchev–Trinajstić information content (AvgIpc) is 1.89. The van der Waals surface area contributed by atoms with Crippen LogP contribution in [0.25, 0.3) is 0 Å². The van der Waals surface area contributed by atoms with E-state index in [1.807, 2.05) is 0 Å². The third kappa shape index (κ3) is 2.25. The number of rotatable bonds is 1. The van der Waals surface area contributed by atoms with Gasteiger partial charge in [-0.2, -0.15) is 61.5 Å². The van der Waals surface area contributed by atoms with Crippen molar-refractivity contribution in [3.8, 4) is 0 Å². The highest BCUT2D eigenvalue weighted by Gasteiger charge is 2.98. The van der Waals surface area contributed by atoms with Gasteiger partial charge in [0.05, 0.1) is 0 Å². The van der Waals surface area contributed by atoms with Gasteiger partial charge in [-0.15, -0.1) is 0 Å². The molecule has 0 aromatic heterocycles. The second-order valence-corrected chi connectivity index (χ2v) is 3.32. The van der Waals surface area contributed by atoms with Crippen LogP contribution in [0, 0.1) is 5.41 Å². The molecular weight excluding hydrogens is 338 g/mol. The van der Waals surface area contributed by atoms with Gasteiger partial charge in [-0.25, -0.2) is 0 Å². The van der Waals surface area contributed by atoms with E-state index in [-0.39, 0.29) is 0 Å². The minimum Gasteiger partial charge on any atom is -0.194 e. The van der Waals surface area contributed by atoms with E-state index in [2.05, 4.69) is 0 Å². The number of hydrogen-bond acceptors (Lipinski definition) is 0. The standard InChI is InChI=1S/C6F14/c7-2(8,6(18,19)20)1(3(9,10)11,4(12,13)14)5(15,16)17. The molecule has 14 heteroatoms. The molecule has 0 aromatic rings. The molecule has 0 aliphatic heterocycles. The Morgan fingerprint density at radius 2 is 0.500 bits per heavy atom. The molecule has 0 atom stereocenters. The fourth-order valence-corrected chi connectivity index (χ4v) is 1.23. The second-order valence-electron chi connectivity index (χ2n) is 3.32. The van der Waals surface area contributed by atoms with Crippen molar-refractivity contribution in [2.45, 2.75) is 30.6 Å². The zero-order chi connectivity index (χ0) is 17.0. The van der Waals surface area contributed by atoms with Crippen molar-refractivity contribution in [3.05, 3.63) is 0 Å². The summed E-state index contributed by atoms with van der Waals surface area (Å²) in [5.74, 6) is -8.17. The summed E-state index contributed by atoms with van der Waals surface area (Å²) in [6.07, 6.45) is -31.7. The van der Waals surface area contributed by atoms with E-state index < -0.39 is 36.0 Å². The molecule has 0 radical (unpaired) electrons. The summed E-state index contributed by atoms with van der Waals surface area (Å²) >= 11 is 0. The van der Waals surface area contributed by atoms with Gasteiger partial charge in [0.25, 0.3) is 0 Å². The third-order valence-electron chi connectivity index (χ3n) is 2.10. The highest BCUT2D eigenvalue weighted by Crippen LogP contribution is 2.69. The van der Waals surface area contributed by atoms with E-state index in [4.69, 9.17) is 0 Å². The van der Waals surface area contributed by atoms with E-state index in [0.29, 0.717) is 0 Å². The summed E-state index contributed by atoms with van der Waals surface area (Å²) in [6, 6.07) is 0. The lowest BCUT2D eigenvalue weighted by Gasteiger charge is -2.43. The summed E-state index contributed by atoms with van der Waals surface area (Å²) in [7, 11) is 0. The summed E-state index contributed by atoms with van der Waals surface area (Å²) in [4.78, 5) is 0. The quantitative estimate of drug-likeness (QED) is 0.599. The van der Waals surface area contributed by atoms with Crippen LogP contribution in [0.2, 0.25) is 0 Å². The largest absolute Gasteiger partial charge is 0.455 e. The Labute approximate surface area is 98.9 Å². The zero-order valence-corrected chi connectivity index (χ0v) is 8.29. The van der Waals surface area contributed by atoms with Crippen molar-refractivity contribution in [1.29, 1.82) is 0 Å². The van der Waals surface area contributed by atoms with Gasteiger partial charge in [0, 0.05) is 0 Å². The number of hydrogen-bond donors (Lipinski definition) is 0. The van der Waals surface area contributed by atoms with Crippen LogP contribution in [0.15, 0.2) is 0 Å². The molecule has 0 fully saturated rings. The molecule has 0 bridgehead atoms. The fourth-order valence-electron chi connectivity index (χ4n) is 1.23. The molecule has 0 N–H and O–H groups in total. The van der Waals surface area contributed by atoms with Crippen LogP contribution in [0.5, 0.6) is 0 Å². The van der Waals surface area contributed by atoms with Crippen LogP contribution in [0.4, 0.5) is 61.5 Å². The second kappa shape index (κ2) is 4.26. The highest BCUT2D eigenvalue weighted by atomic mass is 19.4. The molecule has 0 aromatic carbocycles. The normalized spacial score (nSPS) is 16.5. The van der Waals surface area contributed by atoms with Crippen LogP contribution < -0.4 is 0 Å². The molecule has 0 saturated heterocycles. The Hall–Kier alpha value is -0.980. The van der Waals surface area contributed by atoms with Crippen molar-refractivity contribution in [1.82, 2.24) is 0 Å². The van der Waals surface area contributed by atoms with Crippen LogP contribution in [-0.4, -0.2) is 30.6 Å². The molecule has 122 valence electrons. The molecule has 0 amide bonds. The first-order valence-electron chi connectivity index (χ1n) is 3.90. The van der Waals surface area contributed by atoms with Gasteiger partial charge >= 0.3 is 36.0 Å². The lowest BCUT2D eigenvalue weighted by atomic mass is 9.78. The topological polar surface area (TPSA) is 0 Å². The van der Waals surface area contributed by atoms with Crippen molar-refractivity contribution < 1.29 is 61.5 Å². The molecule has 0 nitrogen and oxygen atoms in total. The van der Waals surface area contributed by atoms with Crippen molar-refractivity contribution in [3.63, 3.8) is 0 Å². The van der Waals surface area contributed by atoms with Crippen LogP contribution in [-0.2, 0) is 0 Å². The molecule has 0 aliphatic rings. The van der Waals surface area contributed by atoms with E-state index in [1.165, 1.54) is 0 Å². The van der Waals surface area contributed by atoms with Crippen LogP contribution >= 0.6 is 0 Å². The van der Waals surface area contributed by atoms with Gasteiger partial charge in [0.1, 0.15) is 0 Å². The monoisotopic (exact) mass is 338 g/mol. The van der Waals surface area contributed by atoms with E-state index >= 15 is 0 Å². The Bertz CT molecular complexity index is 310. The Balaban J connectivity index is 6.83. The van der Waals surface area contributed by atoms with Gasteiger partial charge in [-0.3, -0.25) is 0 Å². The molecule has 0 aliphatic carbocycles. The van der Waals surface area contributed by atoms with E-state index in [0.717, 1.165) is 0 Å². The Kier molecular flexibility index (Phi) is 4.05. The summed E-state index contributed by atoms with van der Waals surface area (Å²) in [6.45, 7) is 0. The Morgan fingerprint density at radius 1 is 0.300 bits per heavy atom. The van der Waals surface area contributed by atoms with Gasteiger partial charge in [-0.1, -0.05) is 0 Å². The maximum Gasteiger partial charge on any atom is 0.455 e. The summed E-state index contributed by atoms with van der Waals surface area (Å²) < 4.78 is 168. The smallest absolute Gasteiger partial charge is 0.194 e. The summed E-state index contributed by atoms with van der Waals surface area (Å²) in [5, 5.41) is 0. The van der Waals surface area contributed by atoms with Crippen molar-refractivity contribution >= 4 is 0 Å². The number of halogens is 14. The zero-order valence-electron chi connectivity index (χ0n) is 8.29. The molecule has 0 unspecified atom stereocenters. The molecule has 20 heavy (non-hydrogen) atoms. The number of alkyl halides is 14. The van der Waals surface area contributed by atoms with Crippen LogP contribution in [0.3, 0.4) is 0 Å². The first kappa shape index (κ1) is 19.0. The average molecular weight is 338 g/mol. The Morgan fingerprint density at radius 3 is 0.550 bits per heavy atom. The van der Waals surface area contributed by atoms with Gasteiger partial charge < -0.3 is 0 Å². The first-order valence-corrected chi connectivity index (χ1v) is 3.90. The SMILES string of the molecule is FC(F)(F)C(F)(F)C(C(F)(F)F)(C(F)(F)F)C(F)(F)F. The van der Waals surface area contributed by atoms with Gasteiger partial charge in [0.2, 0.25) is 0 Å². The van der Waals surface area contributed by atoms with Gasteiger partial charge in [0.15, 0.2) is 0 Å². The molecule has 0 saturated carbocycles. The van der Waals surface area contributed by atoms with E-state index in [1.54, 1.807) is 0 Å². The molecule has 0 spiro atoms. The van der Waals surface area contributed by atoms with Crippen molar-refractivity contribution in [2.75, 3.05) is 0 Å². The minimum atomic E-state index is -8.27. The molecule has 0 rings (SSSR count). The molecule has 0 heterocycles. The fraction of sp³-hybridized carbons (Fsp3) is 1.00. The summed E-state index contributed by atoms with van der Waals surface area (Å²) in [5.41, 5.74) is -8.27. The van der Waals surface area contributed by atoms with E-state index in [9.17, 15) is 61.5 Å².